The molecule has 1 saturated heterocycles. The van der Waals surface area contributed by atoms with Gasteiger partial charge >= 0.3 is 0 Å². The van der Waals surface area contributed by atoms with Crippen molar-refractivity contribution in [1.29, 1.82) is 0 Å². The van der Waals surface area contributed by atoms with Crippen LogP contribution >= 0.6 is 15.9 Å². The Bertz CT molecular complexity index is 1620. The quantitative estimate of drug-likeness (QED) is 0.303. The lowest BCUT2D eigenvalue weighted by atomic mass is 10.0. The first-order valence-electron chi connectivity index (χ1n) is 13.8. The highest BCUT2D eigenvalue weighted by Crippen LogP contribution is 2.33. The summed E-state index contributed by atoms with van der Waals surface area (Å²) in [6.45, 7) is 2.14. The summed E-state index contributed by atoms with van der Waals surface area (Å²) in [7, 11) is -7.62. The van der Waals surface area contributed by atoms with E-state index in [1.807, 2.05) is 6.92 Å². The van der Waals surface area contributed by atoms with Crippen LogP contribution in [0.25, 0.3) is 0 Å². The van der Waals surface area contributed by atoms with Crippen LogP contribution in [0.2, 0.25) is 0 Å². The number of benzene rings is 3. The number of hydrogen-bond acceptors (Lipinski definition) is 5. The van der Waals surface area contributed by atoms with Crippen molar-refractivity contribution < 1.29 is 26.0 Å². The maximum absolute atomic E-state index is 13.9. The molecule has 0 N–H and O–H groups in total. The second kappa shape index (κ2) is 12.5. The smallest absolute Gasteiger partial charge is 0.243 e. The zero-order chi connectivity index (χ0) is 30.1. The van der Waals surface area contributed by atoms with Gasteiger partial charge in [-0.25, -0.2) is 21.2 Å². The Hall–Kier alpha value is -2.64. The Morgan fingerprint density at radius 3 is 1.98 bits per heavy atom. The molecule has 5 rings (SSSR count). The number of piperidine rings is 1. The fourth-order valence-electron chi connectivity index (χ4n) is 5.20. The van der Waals surface area contributed by atoms with Crippen molar-refractivity contribution in [3.05, 3.63) is 94.2 Å². The Balaban J connectivity index is 1.36. The van der Waals surface area contributed by atoms with Gasteiger partial charge in [-0.15, -0.1) is 0 Å². The second-order valence-electron chi connectivity index (χ2n) is 10.8. The molecule has 1 saturated carbocycles. The van der Waals surface area contributed by atoms with Crippen molar-refractivity contribution in [1.82, 2.24) is 13.5 Å². The highest BCUT2D eigenvalue weighted by molar-refractivity contribution is 9.10. The second-order valence-corrected chi connectivity index (χ2v) is 15.6. The number of hydrogen-bond donors (Lipinski definition) is 0. The van der Waals surface area contributed by atoms with E-state index in [1.54, 1.807) is 65.6 Å². The van der Waals surface area contributed by atoms with Crippen molar-refractivity contribution in [2.75, 3.05) is 19.6 Å². The van der Waals surface area contributed by atoms with Crippen molar-refractivity contribution in [2.24, 2.45) is 0 Å². The lowest BCUT2D eigenvalue weighted by molar-refractivity contribution is -0.135. The monoisotopic (exact) mass is 677 g/mol. The van der Waals surface area contributed by atoms with Crippen LogP contribution in [0.3, 0.4) is 0 Å². The van der Waals surface area contributed by atoms with Gasteiger partial charge in [0.15, 0.2) is 0 Å². The minimum Gasteiger partial charge on any atom is -0.334 e. The maximum Gasteiger partial charge on any atom is 0.243 e. The average Bonchev–Trinajstić information content (AvgIpc) is 3.81. The third-order valence-corrected chi connectivity index (χ3v) is 12.1. The number of halogens is 2. The molecule has 12 heteroatoms. The minimum absolute atomic E-state index is 0.143. The Kier molecular flexibility index (Phi) is 9.19. The topological polar surface area (TPSA) is 95.1 Å². The third-order valence-electron chi connectivity index (χ3n) is 7.77. The largest absolute Gasteiger partial charge is 0.334 e. The zero-order valence-electron chi connectivity index (χ0n) is 23.2. The van der Waals surface area contributed by atoms with Crippen LogP contribution in [0.15, 0.2) is 87.1 Å². The molecule has 1 aliphatic carbocycles. The molecule has 1 aliphatic heterocycles. The summed E-state index contributed by atoms with van der Waals surface area (Å²) in [5.74, 6) is -0.761. The molecular weight excluding hydrogens is 645 g/mol. The summed E-state index contributed by atoms with van der Waals surface area (Å²) in [4.78, 5) is 15.9. The van der Waals surface area contributed by atoms with E-state index in [4.69, 9.17) is 0 Å². The average molecular weight is 679 g/mol. The minimum atomic E-state index is -3.91. The molecule has 224 valence electrons. The maximum atomic E-state index is 13.9. The summed E-state index contributed by atoms with van der Waals surface area (Å²) >= 11 is 3.33. The molecule has 0 aromatic heterocycles. The van der Waals surface area contributed by atoms with Gasteiger partial charge in [-0.3, -0.25) is 4.79 Å². The number of rotatable bonds is 10. The van der Waals surface area contributed by atoms with Gasteiger partial charge in [-0.2, -0.15) is 8.61 Å². The molecule has 1 amide bonds. The van der Waals surface area contributed by atoms with Gasteiger partial charge in [-0.1, -0.05) is 45.8 Å². The molecule has 0 radical (unpaired) electrons. The molecule has 42 heavy (non-hydrogen) atoms. The van der Waals surface area contributed by atoms with Crippen LogP contribution in [0.5, 0.6) is 0 Å². The van der Waals surface area contributed by atoms with Crippen LogP contribution in [-0.2, 0) is 31.4 Å². The SMILES string of the molecule is Cc1ccc(S(=O)(=O)N(CC(=O)N(Cc2ccc(F)cc2)C2CCN(S(=O)(=O)c3ccc(Br)cc3)CC2)C2CC2)cc1. The molecule has 0 spiro atoms. The molecule has 0 unspecified atom stereocenters. The molecule has 1 heterocycles. The highest BCUT2D eigenvalue weighted by Gasteiger charge is 2.41. The van der Waals surface area contributed by atoms with Crippen LogP contribution in [0, 0.1) is 12.7 Å². The number of sulfonamides is 2. The molecule has 0 atom stereocenters. The first-order chi connectivity index (χ1) is 19.9. The third kappa shape index (κ3) is 6.94. The zero-order valence-corrected chi connectivity index (χ0v) is 26.4. The standard InChI is InChI=1S/C30H33BrFN3O5S2/c1-22-2-12-29(13-3-22)42(39,40)35(27-10-11-27)21-30(36)34(20-23-4-8-25(32)9-5-23)26-16-18-33(19-17-26)41(37,38)28-14-6-24(31)7-15-28/h2-9,12-15,26-27H,10-11,16-21H2,1H3. The first kappa shape index (κ1) is 30.8. The summed E-state index contributed by atoms with van der Waals surface area (Å²) in [6, 6.07) is 18.3. The molecule has 2 aliphatic rings. The molecule has 8 nitrogen and oxygen atoms in total. The number of amides is 1. The summed E-state index contributed by atoms with van der Waals surface area (Å²) < 4.78 is 70.8. The van der Waals surface area contributed by atoms with Crippen LogP contribution in [0.1, 0.15) is 36.8 Å². The van der Waals surface area contributed by atoms with E-state index >= 15 is 0 Å². The van der Waals surface area contributed by atoms with Gasteiger partial charge < -0.3 is 4.90 Å². The lowest BCUT2D eigenvalue weighted by Crippen LogP contribution is -2.51. The van der Waals surface area contributed by atoms with Crippen molar-refractivity contribution >= 4 is 41.9 Å². The van der Waals surface area contributed by atoms with Crippen molar-refractivity contribution in [3.63, 3.8) is 0 Å². The Morgan fingerprint density at radius 2 is 1.40 bits per heavy atom. The highest BCUT2D eigenvalue weighted by atomic mass is 79.9. The van der Waals surface area contributed by atoms with Crippen LogP contribution in [-0.4, -0.2) is 68.0 Å². The summed E-state index contributed by atoms with van der Waals surface area (Å²) in [5, 5.41) is 0. The van der Waals surface area contributed by atoms with Crippen molar-refractivity contribution in [2.45, 2.75) is 61.0 Å². The number of nitrogens with zero attached hydrogens (tertiary/aromatic N) is 3. The molecule has 3 aromatic carbocycles. The van der Waals surface area contributed by atoms with Crippen LogP contribution < -0.4 is 0 Å². The van der Waals surface area contributed by atoms with E-state index in [1.165, 1.54) is 20.7 Å². The van der Waals surface area contributed by atoms with Gasteiger partial charge in [0.1, 0.15) is 5.82 Å². The van der Waals surface area contributed by atoms with Crippen LogP contribution in [0.4, 0.5) is 4.39 Å². The number of aryl methyl sites for hydroxylation is 1. The number of carbonyl (C=O) groups is 1. The van der Waals surface area contributed by atoms with Gasteiger partial charge in [0.25, 0.3) is 0 Å². The van der Waals surface area contributed by atoms with Gasteiger partial charge in [0.05, 0.1) is 16.3 Å². The van der Waals surface area contributed by atoms with E-state index in [-0.39, 0.29) is 54.0 Å². The predicted octanol–water partition coefficient (Wildman–Crippen LogP) is 4.93. The number of carbonyl (C=O) groups excluding carboxylic acids is 1. The van der Waals surface area contributed by atoms with Gasteiger partial charge in [0, 0.05) is 36.2 Å². The normalized spacial score (nSPS) is 17.0. The Morgan fingerprint density at radius 1 is 0.833 bits per heavy atom. The fourth-order valence-corrected chi connectivity index (χ4v) is 8.57. The molecular formula is C30H33BrFN3O5S2. The predicted molar refractivity (Wildman–Crippen MR) is 161 cm³/mol. The van der Waals surface area contributed by atoms with E-state index in [9.17, 15) is 26.0 Å². The van der Waals surface area contributed by atoms with E-state index in [2.05, 4.69) is 15.9 Å². The van der Waals surface area contributed by atoms with Crippen molar-refractivity contribution in [3.8, 4) is 0 Å². The van der Waals surface area contributed by atoms with E-state index in [0.29, 0.717) is 31.2 Å². The molecule has 0 bridgehead atoms. The summed E-state index contributed by atoms with van der Waals surface area (Å²) in [6.07, 6.45) is 2.14. The summed E-state index contributed by atoms with van der Waals surface area (Å²) in [5.41, 5.74) is 1.64. The first-order valence-corrected chi connectivity index (χ1v) is 17.5. The Labute approximate surface area is 255 Å². The molecule has 2 fully saturated rings. The van der Waals surface area contributed by atoms with Gasteiger partial charge in [-0.05, 0) is 86.7 Å². The van der Waals surface area contributed by atoms with Gasteiger partial charge in [0.2, 0.25) is 26.0 Å². The van der Waals surface area contributed by atoms with E-state index < -0.39 is 25.9 Å². The fraction of sp³-hybridized carbons (Fsp3) is 0.367. The van der Waals surface area contributed by atoms with E-state index in [0.717, 1.165) is 10.0 Å². The molecule has 3 aromatic rings. The lowest BCUT2D eigenvalue weighted by Gasteiger charge is -2.39.